The van der Waals surface area contributed by atoms with Gasteiger partial charge in [-0.25, -0.2) is 4.68 Å². The number of carbonyl (C=O) groups excluding carboxylic acids is 2. The van der Waals surface area contributed by atoms with Crippen LogP contribution in [0.3, 0.4) is 0 Å². The Balaban J connectivity index is 1.42. The van der Waals surface area contributed by atoms with Gasteiger partial charge in [-0.05, 0) is 37.1 Å². The molecule has 3 heterocycles. The Labute approximate surface area is 167 Å². The average molecular weight is 390 g/mol. The SMILES string of the molecule is CC(=O)c1cccc2c1OB(O)[C@@H](CC(=O)Cn1cc(-c3cccnc3)nn1)C2. The fourth-order valence-corrected chi connectivity index (χ4v) is 3.50. The highest BCUT2D eigenvalue weighted by Gasteiger charge is 2.37. The van der Waals surface area contributed by atoms with E-state index in [1.807, 2.05) is 12.1 Å². The summed E-state index contributed by atoms with van der Waals surface area (Å²) in [7, 11) is -1.14. The molecule has 0 spiro atoms. The third-order valence-electron chi connectivity index (χ3n) is 4.92. The largest absolute Gasteiger partial charge is 0.535 e. The maximum Gasteiger partial charge on any atom is 0.526 e. The number of hydrogen-bond acceptors (Lipinski definition) is 7. The molecular weight excluding hydrogens is 371 g/mol. The van der Waals surface area contributed by atoms with Crippen molar-refractivity contribution in [2.75, 3.05) is 0 Å². The van der Waals surface area contributed by atoms with Crippen LogP contribution in [0.25, 0.3) is 11.3 Å². The average Bonchev–Trinajstić information content (AvgIpc) is 3.17. The number of nitrogens with zero attached hydrogens (tertiary/aromatic N) is 4. The van der Waals surface area contributed by atoms with Crippen molar-refractivity contribution in [3.8, 4) is 17.0 Å². The van der Waals surface area contributed by atoms with E-state index in [1.54, 1.807) is 36.8 Å². The van der Waals surface area contributed by atoms with Crippen molar-refractivity contribution in [3.05, 3.63) is 60.0 Å². The molecule has 1 N–H and O–H groups in total. The zero-order valence-electron chi connectivity index (χ0n) is 15.9. The molecule has 3 aromatic rings. The quantitative estimate of drug-likeness (QED) is 0.507. The second kappa shape index (κ2) is 7.96. The number of benzene rings is 1. The van der Waals surface area contributed by atoms with Gasteiger partial charge in [-0.2, -0.15) is 0 Å². The minimum atomic E-state index is -1.14. The molecular formula is C20H19BN4O4. The molecule has 1 aliphatic heterocycles. The molecule has 4 rings (SSSR count). The van der Waals surface area contributed by atoms with Crippen LogP contribution >= 0.6 is 0 Å². The summed E-state index contributed by atoms with van der Waals surface area (Å²) in [6.45, 7) is 1.51. The van der Waals surface area contributed by atoms with Gasteiger partial charge in [0.15, 0.2) is 11.6 Å². The van der Waals surface area contributed by atoms with Gasteiger partial charge >= 0.3 is 7.12 Å². The minimum absolute atomic E-state index is 0.0524. The van der Waals surface area contributed by atoms with Crippen molar-refractivity contribution in [1.29, 1.82) is 0 Å². The van der Waals surface area contributed by atoms with Gasteiger partial charge in [-0.3, -0.25) is 14.6 Å². The molecule has 146 valence electrons. The molecule has 1 atom stereocenters. The van der Waals surface area contributed by atoms with E-state index in [0.29, 0.717) is 23.4 Å². The number of para-hydroxylation sites is 1. The first kappa shape index (κ1) is 19.0. The van der Waals surface area contributed by atoms with Crippen molar-refractivity contribution >= 4 is 18.7 Å². The number of hydrogen-bond donors (Lipinski definition) is 1. The van der Waals surface area contributed by atoms with Crippen LogP contribution in [-0.4, -0.2) is 43.7 Å². The number of carbonyl (C=O) groups is 2. The molecule has 0 saturated heterocycles. The molecule has 0 bridgehead atoms. The highest BCUT2D eigenvalue weighted by atomic mass is 16.5. The number of aromatic nitrogens is 4. The molecule has 0 unspecified atom stereocenters. The van der Waals surface area contributed by atoms with Crippen LogP contribution in [-0.2, 0) is 17.8 Å². The fourth-order valence-electron chi connectivity index (χ4n) is 3.50. The maximum atomic E-state index is 12.5. The Morgan fingerprint density at radius 2 is 2.17 bits per heavy atom. The number of ketones is 2. The Morgan fingerprint density at radius 3 is 2.93 bits per heavy atom. The third kappa shape index (κ3) is 4.09. The molecule has 8 nitrogen and oxygen atoms in total. The zero-order valence-corrected chi connectivity index (χ0v) is 15.9. The van der Waals surface area contributed by atoms with Crippen molar-refractivity contribution < 1.29 is 19.3 Å². The van der Waals surface area contributed by atoms with Crippen LogP contribution in [0.1, 0.15) is 29.3 Å². The summed E-state index contributed by atoms with van der Waals surface area (Å²) in [5.41, 5.74) is 2.72. The third-order valence-corrected chi connectivity index (χ3v) is 4.92. The Bertz CT molecular complexity index is 1050. The molecule has 2 aromatic heterocycles. The van der Waals surface area contributed by atoms with Gasteiger partial charge in [-0.15, -0.1) is 5.10 Å². The van der Waals surface area contributed by atoms with E-state index in [9.17, 15) is 14.6 Å². The molecule has 9 heteroatoms. The summed E-state index contributed by atoms with van der Waals surface area (Å²) < 4.78 is 7.07. The molecule has 0 saturated carbocycles. The van der Waals surface area contributed by atoms with Crippen molar-refractivity contribution in [3.63, 3.8) is 0 Å². The smallest absolute Gasteiger partial charge is 0.526 e. The first-order chi connectivity index (χ1) is 14.0. The van der Waals surface area contributed by atoms with E-state index >= 15 is 0 Å². The number of Topliss-reactive ketones (excluding diaryl/α,β-unsaturated/α-hetero) is 2. The molecule has 1 aliphatic rings. The van der Waals surface area contributed by atoms with Gasteiger partial charge in [0.05, 0.1) is 11.8 Å². The molecule has 0 fully saturated rings. The van der Waals surface area contributed by atoms with Crippen LogP contribution in [0.15, 0.2) is 48.9 Å². The van der Waals surface area contributed by atoms with Crippen LogP contribution in [0.4, 0.5) is 0 Å². The standard InChI is InChI=1S/C20H19BN4O4/c1-13(26)18-6-2-4-14-8-16(21(28)29-20(14)18)9-17(27)11-25-12-19(23-24-25)15-5-3-7-22-10-15/h2-7,10,12,16,28H,8-9,11H2,1H3/t16-/m1/s1. The number of rotatable bonds is 6. The summed E-state index contributed by atoms with van der Waals surface area (Å²) in [6.07, 6.45) is 5.64. The van der Waals surface area contributed by atoms with Gasteiger partial charge in [0.1, 0.15) is 18.0 Å². The lowest BCUT2D eigenvalue weighted by Crippen LogP contribution is -2.36. The second-order valence-corrected chi connectivity index (χ2v) is 7.11. The topological polar surface area (TPSA) is 107 Å². The second-order valence-electron chi connectivity index (χ2n) is 7.11. The first-order valence-corrected chi connectivity index (χ1v) is 9.31. The Morgan fingerprint density at radius 1 is 1.31 bits per heavy atom. The highest BCUT2D eigenvalue weighted by molar-refractivity contribution is 6.47. The minimum Gasteiger partial charge on any atom is -0.535 e. The number of pyridine rings is 1. The predicted molar refractivity (Wildman–Crippen MR) is 105 cm³/mol. The van der Waals surface area contributed by atoms with Gasteiger partial charge in [0.2, 0.25) is 0 Å². The van der Waals surface area contributed by atoms with E-state index in [0.717, 1.165) is 11.1 Å². The van der Waals surface area contributed by atoms with Gasteiger partial charge in [0, 0.05) is 30.2 Å². The maximum absolute atomic E-state index is 12.5. The molecule has 0 radical (unpaired) electrons. The van der Waals surface area contributed by atoms with Crippen molar-refractivity contribution in [2.24, 2.45) is 0 Å². The van der Waals surface area contributed by atoms with Gasteiger partial charge in [-0.1, -0.05) is 17.3 Å². The molecule has 0 amide bonds. The lowest BCUT2D eigenvalue weighted by atomic mass is 9.64. The molecule has 0 aliphatic carbocycles. The first-order valence-electron chi connectivity index (χ1n) is 9.31. The molecule has 29 heavy (non-hydrogen) atoms. The van der Waals surface area contributed by atoms with Gasteiger partial charge in [0.25, 0.3) is 0 Å². The highest BCUT2D eigenvalue weighted by Crippen LogP contribution is 2.36. The lowest BCUT2D eigenvalue weighted by molar-refractivity contribution is -0.120. The Hall–Kier alpha value is -3.33. The summed E-state index contributed by atoms with van der Waals surface area (Å²) in [5.74, 6) is -0.197. The van der Waals surface area contributed by atoms with Crippen molar-refractivity contribution in [2.45, 2.75) is 32.1 Å². The van der Waals surface area contributed by atoms with E-state index in [1.165, 1.54) is 11.6 Å². The summed E-state index contributed by atoms with van der Waals surface area (Å²) in [4.78, 5) is 28.3. The predicted octanol–water partition coefficient (Wildman–Crippen LogP) is 1.99. The summed E-state index contributed by atoms with van der Waals surface area (Å²) >= 11 is 0. The normalized spacial score (nSPS) is 15.5. The summed E-state index contributed by atoms with van der Waals surface area (Å²) in [5, 5.41) is 18.4. The van der Waals surface area contributed by atoms with Crippen LogP contribution in [0.2, 0.25) is 5.82 Å². The van der Waals surface area contributed by atoms with E-state index in [2.05, 4.69) is 15.3 Å². The lowest BCUT2D eigenvalue weighted by Gasteiger charge is -2.28. The molecule has 1 aromatic carbocycles. The zero-order chi connectivity index (χ0) is 20.4. The van der Waals surface area contributed by atoms with Crippen LogP contribution < -0.4 is 4.65 Å². The van der Waals surface area contributed by atoms with E-state index < -0.39 is 12.9 Å². The van der Waals surface area contributed by atoms with Crippen LogP contribution in [0, 0.1) is 0 Å². The van der Waals surface area contributed by atoms with Gasteiger partial charge < -0.3 is 9.68 Å². The Kier molecular flexibility index (Phi) is 5.22. The fraction of sp³-hybridized carbons (Fsp3) is 0.250. The van der Waals surface area contributed by atoms with Crippen molar-refractivity contribution in [1.82, 2.24) is 20.0 Å². The number of fused-ring (bicyclic) bond motifs is 1. The van der Waals surface area contributed by atoms with Crippen LogP contribution in [0.5, 0.6) is 5.75 Å². The summed E-state index contributed by atoms with van der Waals surface area (Å²) in [6, 6.07) is 8.97. The van der Waals surface area contributed by atoms with E-state index in [4.69, 9.17) is 4.65 Å². The monoisotopic (exact) mass is 390 g/mol. The van der Waals surface area contributed by atoms with E-state index in [-0.39, 0.29) is 24.5 Å².